The van der Waals surface area contributed by atoms with Crippen LogP contribution in [-0.4, -0.2) is 18.7 Å². The summed E-state index contributed by atoms with van der Waals surface area (Å²) in [6.07, 6.45) is 1.89. The Morgan fingerprint density at radius 1 is 1.50 bits per heavy atom. The van der Waals surface area contributed by atoms with E-state index >= 15 is 0 Å². The van der Waals surface area contributed by atoms with E-state index in [1.54, 1.807) is 0 Å². The second-order valence-corrected chi connectivity index (χ2v) is 2.17. The van der Waals surface area contributed by atoms with Gasteiger partial charge in [-0.25, -0.2) is 0 Å². The van der Waals surface area contributed by atoms with Crippen molar-refractivity contribution >= 4 is 5.97 Å². The maximum absolute atomic E-state index is 10.1. The van der Waals surface area contributed by atoms with Crippen molar-refractivity contribution in [2.45, 2.75) is 25.4 Å². The van der Waals surface area contributed by atoms with Gasteiger partial charge in [0, 0.05) is 6.61 Å². The predicted molar refractivity (Wildman–Crippen MR) is 28.6 cm³/mol. The van der Waals surface area contributed by atoms with E-state index in [0.717, 1.165) is 12.8 Å². The third-order valence-corrected chi connectivity index (χ3v) is 1.44. The minimum atomic E-state index is -1.07. The van der Waals surface area contributed by atoms with Crippen molar-refractivity contribution in [3.8, 4) is 0 Å². The van der Waals surface area contributed by atoms with Crippen LogP contribution in [0.2, 0.25) is 0 Å². The number of hydrogen-bond donors (Lipinski definition) is 0. The van der Waals surface area contributed by atoms with Gasteiger partial charge in [-0.1, -0.05) is 0 Å². The van der Waals surface area contributed by atoms with Crippen LogP contribution in [0, 0.1) is 0 Å². The van der Waals surface area contributed by atoms with Gasteiger partial charge in [0.25, 0.3) is 0 Å². The van der Waals surface area contributed by atoms with Gasteiger partial charge in [0.2, 0.25) is 0 Å². The first kappa shape index (κ1) is 10.4. The van der Waals surface area contributed by atoms with Crippen molar-refractivity contribution in [3.63, 3.8) is 0 Å². The van der Waals surface area contributed by atoms with Crippen LogP contribution in [0.25, 0.3) is 0 Å². The largest absolute Gasteiger partial charge is 1.00 e. The number of carboxylic acids is 1. The number of aliphatic carboxylic acids is 1. The molecule has 1 atom stereocenters. The third kappa shape index (κ3) is 3.01. The number of carbonyl (C=O) groups excluding carboxylic acids is 1. The fourth-order valence-corrected chi connectivity index (χ4v) is 0.927. The van der Waals surface area contributed by atoms with Gasteiger partial charge in [-0.05, 0) is 19.3 Å². The minimum Gasteiger partial charge on any atom is -0.547 e. The van der Waals surface area contributed by atoms with Gasteiger partial charge < -0.3 is 14.6 Å². The van der Waals surface area contributed by atoms with E-state index in [9.17, 15) is 9.90 Å². The molecule has 0 aliphatic carbocycles. The van der Waals surface area contributed by atoms with Crippen LogP contribution in [0.15, 0.2) is 0 Å². The Kier molecular flexibility index (Phi) is 5.35. The number of hydrogen-bond acceptors (Lipinski definition) is 3. The normalized spacial score (nSPS) is 25.0. The first-order valence-corrected chi connectivity index (χ1v) is 3.13. The van der Waals surface area contributed by atoms with Crippen LogP contribution >= 0.6 is 0 Å². The van der Waals surface area contributed by atoms with Crippen molar-refractivity contribution in [3.05, 3.63) is 0 Å². The molecule has 3 nitrogen and oxygen atoms in total. The van der Waals surface area contributed by atoms with Crippen LogP contribution in [0.4, 0.5) is 0 Å². The van der Waals surface area contributed by atoms with E-state index < -0.39 is 12.1 Å². The van der Waals surface area contributed by atoms with Crippen LogP contribution in [0.1, 0.15) is 19.3 Å². The quantitative estimate of drug-likeness (QED) is 0.363. The minimum absolute atomic E-state index is 0. The molecular formula is C6H9NaO3. The number of carboxylic acid groups (broad SMARTS) is 1. The third-order valence-electron chi connectivity index (χ3n) is 1.44. The summed E-state index contributed by atoms with van der Waals surface area (Å²) in [4.78, 5) is 10.1. The van der Waals surface area contributed by atoms with E-state index in [2.05, 4.69) is 0 Å². The summed E-state index contributed by atoms with van der Waals surface area (Å²) in [6.45, 7) is 0.568. The molecule has 4 heteroatoms. The molecule has 1 saturated heterocycles. The molecule has 1 aliphatic rings. The summed E-state index contributed by atoms with van der Waals surface area (Å²) < 4.78 is 4.88. The molecule has 0 aromatic rings. The van der Waals surface area contributed by atoms with Gasteiger partial charge >= 0.3 is 29.6 Å². The molecule has 0 spiro atoms. The SMILES string of the molecule is O=C([O-])C1CCCCO1.[Na+]. The average Bonchev–Trinajstić information content (AvgIpc) is 1.90. The average molecular weight is 152 g/mol. The Hall–Kier alpha value is 0.430. The molecule has 0 aromatic heterocycles. The van der Waals surface area contributed by atoms with Crippen LogP contribution < -0.4 is 34.7 Å². The molecule has 1 unspecified atom stereocenters. The summed E-state index contributed by atoms with van der Waals surface area (Å²) in [7, 11) is 0. The van der Waals surface area contributed by atoms with Crippen molar-refractivity contribution in [1.82, 2.24) is 0 Å². The molecular weight excluding hydrogens is 143 g/mol. The predicted octanol–water partition coefficient (Wildman–Crippen LogP) is -3.69. The Labute approximate surface area is 82.0 Å². The molecule has 52 valence electrons. The zero-order chi connectivity index (χ0) is 6.69. The van der Waals surface area contributed by atoms with Gasteiger partial charge in [-0.3, -0.25) is 0 Å². The zero-order valence-electron chi connectivity index (χ0n) is 6.13. The molecule has 0 N–H and O–H groups in total. The molecule has 0 aromatic carbocycles. The fraction of sp³-hybridized carbons (Fsp3) is 0.833. The van der Waals surface area contributed by atoms with Gasteiger partial charge in [0.1, 0.15) is 0 Å². The summed E-state index contributed by atoms with van der Waals surface area (Å²) in [5.74, 6) is -1.07. The standard InChI is InChI=1S/C6H10O3.Na/c7-6(8)5-3-1-2-4-9-5;/h5H,1-4H2,(H,7,8);/q;+1/p-1. The van der Waals surface area contributed by atoms with E-state index in [1.165, 1.54) is 0 Å². The van der Waals surface area contributed by atoms with Gasteiger partial charge in [0.15, 0.2) is 0 Å². The summed E-state index contributed by atoms with van der Waals surface area (Å²) in [6, 6.07) is 0. The molecule has 10 heavy (non-hydrogen) atoms. The Morgan fingerprint density at radius 3 is 2.50 bits per heavy atom. The summed E-state index contributed by atoms with van der Waals surface area (Å²) in [5, 5.41) is 10.1. The van der Waals surface area contributed by atoms with Gasteiger partial charge in [0.05, 0.1) is 12.1 Å². The zero-order valence-corrected chi connectivity index (χ0v) is 8.13. The molecule has 0 bridgehead atoms. The van der Waals surface area contributed by atoms with Crippen LogP contribution in [0.3, 0.4) is 0 Å². The van der Waals surface area contributed by atoms with Crippen molar-refractivity contribution in [1.29, 1.82) is 0 Å². The Bertz CT molecular complexity index is 110. The number of rotatable bonds is 1. The smallest absolute Gasteiger partial charge is 0.547 e. The van der Waals surface area contributed by atoms with E-state index in [4.69, 9.17) is 4.74 Å². The Balaban J connectivity index is 0.000000810. The maximum atomic E-state index is 10.1. The van der Waals surface area contributed by atoms with Crippen molar-refractivity contribution < 1.29 is 44.2 Å². The molecule has 1 aliphatic heterocycles. The monoisotopic (exact) mass is 152 g/mol. The second kappa shape index (κ2) is 5.13. The number of carbonyl (C=O) groups is 1. The van der Waals surface area contributed by atoms with E-state index in [1.807, 2.05) is 0 Å². The van der Waals surface area contributed by atoms with Crippen LogP contribution in [0.5, 0.6) is 0 Å². The molecule has 1 heterocycles. The van der Waals surface area contributed by atoms with Gasteiger partial charge in [-0.15, -0.1) is 0 Å². The molecule has 0 amide bonds. The molecule has 1 fully saturated rings. The topological polar surface area (TPSA) is 49.4 Å². The van der Waals surface area contributed by atoms with Crippen molar-refractivity contribution in [2.75, 3.05) is 6.61 Å². The van der Waals surface area contributed by atoms with E-state index in [0.29, 0.717) is 13.0 Å². The molecule has 0 radical (unpaired) electrons. The fourth-order valence-electron chi connectivity index (χ4n) is 0.927. The summed E-state index contributed by atoms with van der Waals surface area (Å²) in [5.41, 5.74) is 0. The molecule has 0 saturated carbocycles. The van der Waals surface area contributed by atoms with Crippen LogP contribution in [-0.2, 0) is 9.53 Å². The second-order valence-electron chi connectivity index (χ2n) is 2.17. The Morgan fingerprint density at radius 2 is 2.20 bits per heavy atom. The number of ether oxygens (including phenoxy) is 1. The van der Waals surface area contributed by atoms with E-state index in [-0.39, 0.29) is 29.6 Å². The summed E-state index contributed by atoms with van der Waals surface area (Å²) >= 11 is 0. The van der Waals surface area contributed by atoms with Gasteiger partial charge in [-0.2, -0.15) is 0 Å². The van der Waals surface area contributed by atoms with Crippen molar-refractivity contribution in [2.24, 2.45) is 0 Å². The first-order valence-electron chi connectivity index (χ1n) is 3.13. The first-order chi connectivity index (χ1) is 4.30. The maximum Gasteiger partial charge on any atom is 1.00 e. The molecule has 1 rings (SSSR count).